The van der Waals surface area contributed by atoms with Gasteiger partial charge in [-0.2, -0.15) is 0 Å². The largest absolute Gasteiger partial charge is 0.490 e. The van der Waals surface area contributed by atoms with Crippen molar-refractivity contribution in [3.8, 4) is 11.5 Å². The Kier molecular flexibility index (Phi) is 7.68. The summed E-state index contributed by atoms with van der Waals surface area (Å²) < 4.78 is 11.4. The zero-order chi connectivity index (χ0) is 22.2. The average molecular weight is 437 g/mol. The van der Waals surface area contributed by atoms with Gasteiger partial charge in [0.1, 0.15) is 0 Å². The van der Waals surface area contributed by atoms with E-state index >= 15 is 0 Å². The Morgan fingerprint density at radius 1 is 1.03 bits per heavy atom. The Hall–Kier alpha value is -3.31. The Morgan fingerprint density at radius 2 is 1.84 bits per heavy atom. The van der Waals surface area contributed by atoms with Crippen LogP contribution in [-0.4, -0.2) is 25.3 Å². The summed E-state index contributed by atoms with van der Waals surface area (Å²) in [6.45, 7) is 6.14. The lowest BCUT2D eigenvalue weighted by atomic mass is 10.2. The number of rotatable bonds is 8. The van der Waals surface area contributed by atoms with E-state index in [2.05, 4.69) is 10.3 Å². The van der Waals surface area contributed by atoms with Crippen molar-refractivity contribution in [2.24, 2.45) is 4.99 Å². The molecule has 3 aromatic rings. The SMILES string of the molecule is CCOc1cc(C=Nc2cccc(Cl)c2C)ccc1OCC(=O)Nc1cccc(C)c1. The Balaban J connectivity index is 1.69. The third kappa shape index (κ3) is 6.33. The van der Waals surface area contributed by atoms with E-state index in [4.69, 9.17) is 21.1 Å². The number of benzene rings is 3. The van der Waals surface area contributed by atoms with Gasteiger partial charge in [-0.15, -0.1) is 0 Å². The lowest BCUT2D eigenvalue weighted by molar-refractivity contribution is -0.118. The minimum absolute atomic E-state index is 0.122. The van der Waals surface area contributed by atoms with Crippen molar-refractivity contribution < 1.29 is 14.3 Å². The molecule has 0 radical (unpaired) electrons. The first-order chi connectivity index (χ1) is 15.0. The van der Waals surface area contributed by atoms with Crippen molar-refractivity contribution in [3.63, 3.8) is 0 Å². The highest BCUT2D eigenvalue weighted by Crippen LogP contribution is 2.29. The van der Waals surface area contributed by atoms with Crippen LogP contribution < -0.4 is 14.8 Å². The minimum atomic E-state index is -0.241. The summed E-state index contributed by atoms with van der Waals surface area (Å²) in [6.07, 6.45) is 1.75. The summed E-state index contributed by atoms with van der Waals surface area (Å²) in [6, 6.07) is 18.7. The third-order valence-corrected chi connectivity index (χ3v) is 4.93. The van der Waals surface area contributed by atoms with Gasteiger partial charge in [0, 0.05) is 16.9 Å². The molecule has 0 aromatic heterocycles. The maximum absolute atomic E-state index is 12.2. The number of hydrogen-bond donors (Lipinski definition) is 1. The van der Waals surface area contributed by atoms with Crippen LogP contribution in [-0.2, 0) is 4.79 Å². The number of carbonyl (C=O) groups excluding carboxylic acids is 1. The van der Waals surface area contributed by atoms with E-state index in [9.17, 15) is 4.79 Å². The number of aryl methyl sites for hydroxylation is 1. The molecule has 1 amide bonds. The van der Waals surface area contributed by atoms with E-state index in [-0.39, 0.29) is 12.5 Å². The third-order valence-electron chi connectivity index (χ3n) is 4.52. The molecule has 0 bridgehead atoms. The zero-order valence-electron chi connectivity index (χ0n) is 17.8. The van der Waals surface area contributed by atoms with Crippen LogP contribution in [0.15, 0.2) is 65.7 Å². The number of halogens is 1. The highest BCUT2D eigenvalue weighted by atomic mass is 35.5. The maximum Gasteiger partial charge on any atom is 0.262 e. The van der Waals surface area contributed by atoms with Crippen LogP contribution in [0.3, 0.4) is 0 Å². The first-order valence-electron chi connectivity index (χ1n) is 10.0. The standard InChI is InChI=1S/C25H25ClN2O3/c1-4-30-24-14-19(15-27-22-10-6-9-21(26)18(22)3)11-12-23(24)31-16-25(29)28-20-8-5-7-17(2)13-20/h5-15H,4,16H2,1-3H3,(H,28,29). The van der Waals surface area contributed by atoms with E-state index < -0.39 is 0 Å². The highest BCUT2D eigenvalue weighted by molar-refractivity contribution is 6.31. The van der Waals surface area contributed by atoms with E-state index in [1.165, 1.54) is 0 Å². The molecule has 5 nitrogen and oxygen atoms in total. The second-order valence-corrected chi connectivity index (χ2v) is 7.39. The van der Waals surface area contributed by atoms with Gasteiger partial charge >= 0.3 is 0 Å². The monoisotopic (exact) mass is 436 g/mol. The lowest BCUT2D eigenvalue weighted by Crippen LogP contribution is -2.20. The number of carbonyl (C=O) groups is 1. The first kappa shape index (κ1) is 22.4. The van der Waals surface area contributed by atoms with Crippen molar-refractivity contribution in [3.05, 3.63) is 82.4 Å². The van der Waals surface area contributed by atoms with E-state index in [1.54, 1.807) is 12.3 Å². The molecule has 31 heavy (non-hydrogen) atoms. The van der Waals surface area contributed by atoms with Crippen LogP contribution in [0.25, 0.3) is 0 Å². The molecule has 0 heterocycles. The van der Waals surface area contributed by atoms with Crippen LogP contribution in [0.5, 0.6) is 11.5 Å². The Labute approximate surface area is 187 Å². The van der Waals surface area contributed by atoms with Gasteiger partial charge in [-0.3, -0.25) is 9.79 Å². The molecule has 0 aliphatic carbocycles. The van der Waals surface area contributed by atoms with E-state index in [0.717, 1.165) is 28.1 Å². The fourth-order valence-electron chi connectivity index (χ4n) is 2.94. The summed E-state index contributed by atoms with van der Waals surface area (Å²) in [4.78, 5) is 16.8. The summed E-state index contributed by atoms with van der Waals surface area (Å²) in [5, 5.41) is 3.51. The number of anilines is 1. The maximum atomic E-state index is 12.2. The second-order valence-electron chi connectivity index (χ2n) is 6.99. The van der Waals surface area contributed by atoms with Gasteiger partial charge < -0.3 is 14.8 Å². The smallest absolute Gasteiger partial charge is 0.262 e. The predicted octanol–water partition coefficient (Wildman–Crippen LogP) is 6.12. The Morgan fingerprint density at radius 3 is 2.61 bits per heavy atom. The molecule has 1 N–H and O–H groups in total. The van der Waals surface area contributed by atoms with Gasteiger partial charge in [0.2, 0.25) is 0 Å². The van der Waals surface area contributed by atoms with Crippen LogP contribution in [0.4, 0.5) is 11.4 Å². The summed E-state index contributed by atoms with van der Waals surface area (Å²) >= 11 is 6.16. The van der Waals surface area contributed by atoms with Gasteiger partial charge in [0.05, 0.1) is 12.3 Å². The number of aliphatic imine (C=N–C) groups is 1. The zero-order valence-corrected chi connectivity index (χ0v) is 18.6. The summed E-state index contributed by atoms with van der Waals surface area (Å²) in [5.74, 6) is 0.810. The van der Waals surface area contributed by atoms with E-state index in [0.29, 0.717) is 23.1 Å². The molecule has 0 saturated heterocycles. The average Bonchev–Trinajstić information content (AvgIpc) is 2.74. The van der Waals surface area contributed by atoms with Gasteiger partial charge in [0.15, 0.2) is 18.1 Å². The topological polar surface area (TPSA) is 59.9 Å². The highest BCUT2D eigenvalue weighted by Gasteiger charge is 2.10. The number of nitrogens with zero attached hydrogens (tertiary/aromatic N) is 1. The second kappa shape index (κ2) is 10.6. The van der Waals surface area contributed by atoms with Crippen molar-refractivity contribution in [1.29, 1.82) is 0 Å². The summed E-state index contributed by atoms with van der Waals surface area (Å²) in [7, 11) is 0. The molecule has 0 atom stereocenters. The van der Waals surface area contributed by atoms with Gasteiger partial charge in [-0.05, 0) is 79.9 Å². The molecule has 3 aromatic carbocycles. The molecule has 0 aliphatic heterocycles. The molecule has 0 fully saturated rings. The molecule has 6 heteroatoms. The molecule has 160 valence electrons. The van der Waals surface area contributed by atoms with Crippen molar-refractivity contribution in [1.82, 2.24) is 0 Å². The molecular weight excluding hydrogens is 412 g/mol. The Bertz CT molecular complexity index is 1100. The van der Waals surface area contributed by atoms with Crippen LogP contribution in [0, 0.1) is 13.8 Å². The lowest BCUT2D eigenvalue weighted by Gasteiger charge is -2.13. The predicted molar refractivity (Wildman–Crippen MR) is 126 cm³/mol. The molecule has 0 spiro atoms. The normalized spacial score (nSPS) is 10.8. The van der Waals surface area contributed by atoms with Gasteiger partial charge in [-0.25, -0.2) is 0 Å². The van der Waals surface area contributed by atoms with Crippen molar-refractivity contribution >= 4 is 35.1 Å². The van der Waals surface area contributed by atoms with Crippen LogP contribution in [0.2, 0.25) is 5.02 Å². The molecule has 3 rings (SSSR count). The van der Waals surface area contributed by atoms with Gasteiger partial charge in [0.25, 0.3) is 5.91 Å². The van der Waals surface area contributed by atoms with E-state index in [1.807, 2.05) is 75.4 Å². The van der Waals surface area contributed by atoms with Crippen LogP contribution >= 0.6 is 11.6 Å². The quantitative estimate of drug-likeness (QED) is 0.432. The fraction of sp³-hybridized carbons (Fsp3) is 0.200. The number of hydrogen-bond acceptors (Lipinski definition) is 4. The minimum Gasteiger partial charge on any atom is -0.490 e. The van der Waals surface area contributed by atoms with Gasteiger partial charge in [-0.1, -0.05) is 29.8 Å². The van der Waals surface area contributed by atoms with Crippen LogP contribution in [0.1, 0.15) is 23.6 Å². The first-order valence-corrected chi connectivity index (χ1v) is 10.4. The fourth-order valence-corrected chi connectivity index (χ4v) is 3.11. The van der Waals surface area contributed by atoms with Crippen molar-refractivity contribution in [2.45, 2.75) is 20.8 Å². The number of ether oxygens (including phenoxy) is 2. The van der Waals surface area contributed by atoms with Crippen molar-refractivity contribution in [2.75, 3.05) is 18.5 Å². The molecule has 0 unspecified atom stereocenters. The summed E-state index contributed by atoms with van der Waals surface area (Å²) in [5.41, 5.74) is 4.38. The molecule has 0 saturated carbocycles. The number of amides is 1. The number of nitrogens with one attached hydrogen (secondary N) is 1. The molecular formula is C25H25ClN2O3. The molecule has 0 aliphatic rings.